The second kappa shape index (κ2) is 10.4. The van der Waals surface area contributed by atoms with Crippen molar-refractivity contribution in [2.24, 2.45) is 0 Å². The van der Waals surface area contributed by atoms with Crippen LogP contribution in [0.3, 0.4) is 0 Å². The highest BCUT2D eigenvalue weighted by Crippen LogP contribution is 2.34. The van der Waals surface area contributed by atoms with E-state index in [4.69, 9.17) is 13.9 Å². The van der Waals surface area contributed by atoms with Crippen molar-refractivity contribution in [3.8, 4) is 11.5 Å². The van der Waals surface area contributed by atoms with Crippen molar-refractivity contribution < 1.29 is 28.3 Å². The van der Waals surface area contributed by atoms with Crippen molar-refractivity contribution in [1.29, 1.82) is 0 Å². The number of para-hydroxylation sites is 2. The molecule has 0 fully saturated rings. The van der Waals surface area contributed by atoms with Crippen LogP contribution in [0.1, 0.15) is 32.2 Å². The Morgan fingerprint density at radius 3 is 2.57 bits per heavy atom. The van der Waals surface area contributed by atoms with Gasteiger partial charge in [0, 0.05) is 11.3 Å². The fourth-order valence-electron chi connectivity index (χ4n) is 3.95. The van der Waals surface area contributed by atoms with Gasteiger partial charge in [-0.05, 0) is 61.0 Å². The summed E-state index contributed by atoms with van der Waals surface area (Å²) >= 11 is 0. The Hall–Kier alpha value is -4.85. The number of Topliss-reactive ketones (excluding diaryl/α,β-unsaturated/α-hetero) is 1. The van der Waals surface area contributed by atoms with Gasteiger partial charge in [-0.2, -0.15) is 0 Å². The first kappa shape index (κ1) is 23.9. The van der Waals surface area contributed by atoms with Crippen LogP contribution in [0.15, 0.2) is 89.3 Å². The Balaban J connectivity index is 1.31. The molecule has 2 heterocycles. The lowest BCUT2D eigenvalue weighted by molar-refractivity contribution is -0.121. The number of carbonyl (C=O) groups is 3. The molecule has 4 aromatic rings. The molecule has 0 unspecified atom stereocenters. The molecule has 37 heavy (non-hydrogen) atoms. The SMILES string of the molecule is Cc1ccccc1OCC(=O)c1ccc2c(c1)N(Cc1ccc(C(=O)Nc3ccccc3)o1)C(=O)CO2. The van der Waals surface area contributed by atoms with Crippen LogP contribution in [-0.4, -0.2) is 30.8 Å². The van der Waals surface area contributed by atoms with Crippen molar-refractivity contribution >= 4 is 29.0 Å². The molecule has 1 aromatic heterocycles. The normalized spacial score (nSPS) is 12.5. The summed E-state index contributed by atoms with van der Waals surface area (Å²) in [7, 11) is 0. The maximum absolute atomic E-state index is 12.9. The first-order chi connectivity index (χ1) is 18.0. The number of anilines is 2. The van der Waals surface area contributed by atoms with Gasteiger partial charge in [0.2, 0.25) is 0 Å². The number of ether oxygens (including phenoxy) is 2. The molecule has 0 aliphatic carbocycles. The predicted octanol–water partition coefficient (Wildman–Crippen LogP) is 5.03. The lowest BCUT2D eigenvalue weighted by atomic mass is 10.1. The number of nitrogens with one attached hydrogen (secondary N) is 1. The Bertz CT molecular complexity index is 1460. The standard InChI is InChI=1S/C29H24N2O6/c1-19-7-5-6-10-25(19)35-17-24(32)20-11-13-26-23(15-20)31(28(33)18-36-26)16-22-12-14-27(37-22)29(34)30-21-8-3-2-4-9-21/h2-15H,16-18H2,1H3,(H,30,34). The molecule has 2 amide bonds. The van der Waals surface area contributed by atoms with Crippen LogP contribution < -0.4 is 19.7 Å². The minimum atomic E-state index is -0.396. The maximum atomic E-state index is 12.9. The number of furan rings is 1. The van der Waals surface area contributed by atoms with E-state index in [9.17, 15) is 14.4 Å². The molecule has 8 nitrogen and oxygen atoms in total. The van der Waals surface area contributed by atoms with E-state index in [-0.39, 0.29) is 37.2 Å². The summed E-state index contributed by atoms with van der Waals surface area (Å²) < 4.78 is 17.0. The van der Waals surface area contributed by atoms with Crippen LogP contribution in [0.5, 0.6) is 11.5 Å². The predicted molar refractivity (Wildman–Crippen MR) is 137 cm³/mol. The number of nitrogens with zero attached hydrogens (tertiary/aromatic N) is 1. The van der Waals surface area contributed by atoms with Crippen molar-refractivity contribution in [1.82, 2.24) is 0 Å². The summed E-state index contributed by atoms with van der Waals surface area (Å²) in [5.74, 6) is 0.731. The quantitative estimate of drug-likeness (QED) is 0.344. The molecule has 1 aliphatic rings. The minimum absolute atomic E-state index is 0.0746. The zero-order chi connectivity index (χ0) is 25.8. The summed E-state index contributed by atoms with van der Waals surface area (Å²) in [5.41, 5.74) is 2.41. The van der Waals surface area contributed by atoms with Gasteiger partial charge in [0.15, 0.2) is 24.8 Å². The highest BCUT2D eigenvalue weighted by molar-refractivity contribution is 6.03. The number of amides is 2. The number of rotatable bonds is 8. The van der Waals surface area contributed by atoms with Crippen molar-refractivity contribution in [2.75, 3.05) is 23.4 Å². The van der Waals surface area contributed by atoms with E-state index in [2.05, 4.69) is 5.32 Å². The maximum Gasteiger partial charge on any atom is 0.291 e. The largest absolute Gasteiger partial charge is 0.485 e. The molecular weight excluding hydrogens is 472 g/mol. The summed E-state index contributed by atoms with van der Waals surface area (Å²) in [6, 6.07) is 24.6. The molecule has 0 saturated carbocycles. The van der Waals surface area contributed by atoms with Gasteiger partial charge in [-0.25, -0.2) is 0 Å². The number of fused-ring (bicyclic) bond motifs is 1. The molecule has 8 heteroatoms. The van der Waals surface area contributed by atoms with Crippen LogP contribution in [-0.2, 0) is 11.3 Å². The Kier molecular flexibility index (Phi) is 6.72. The molecule has 3 aromatic carbocycles. The molecular formula is C29H24N2O6. The fraction of sp³-hybridized carbons (Fsp3) is 0.138. The van der Waals surface area contributed by atoms with E-state index < -0.39 is 5.91 Å². The monoisotopic (exact) mass is 496 g/mol. The summed E-state index contributed by atoms with van der Waals surface area (Å²) in [4.78, 5) is 39.6. The Morgan fingerprint density at radius 1 is 0.973 bits per heavy atom. The van der Waals surface area contributed by atoms with Gasteiger partial charge in [-0.3, -0.25) is 19.3 Å². The molecule has 0 bridgehead atoms. The Labute approximate surface area is 213 Å². The van der Waals surface area contributed by atoms with Gasteiger partial charge in [-0.1, -0.05) is 36.4 Å². The fourth-order valence-corrected chi connectivity index (χ4v) is 3.95. The van der Waals surface area contributed by atoms with Gasteiger partial charge in [-0.15, -0.1) is 0 Å². The second-order valence-corrected chi connectivity index (χ2v) is 8.51. The van der Waals surface area contributed by atoms with E-state index >= 15 is 0 Å². The lowest BCUT2D eigenvalue weighted by Gasteiger charge is -2.29. The molecule has 1 N–H and O–H groups in total. The van der Waals surface area contributed by atoms with Crippen LogP contribution in [0.25, 0.3) is 0 Å². The number of hydrogen-bond donors (Lipinski definition) is 1. The van der Waals surface area contributed by atoms with Gasteiger partial charge in [0.1, 0.15) is 17.3 Å². The molecule has 0 radical (unpaired) electrons. The summed E-state index contributed by atoms with van der Waals surface area (Å²) in [6.45, 7) is 1.70. The first-order valence-electron chi connectivity index (χ1n) is 11.7. The van der Waals surface area contributed by atoms with Crippen LogP contribution >= 0.6 is 0 Å². The average Bonchev–Trinajstić information content (AvgIpc) is 3.39. The number of carbonyl (C=O) groups excluding carboxylic acids is 3. The van der Waals surface area contributed by atoms with Crippen molar-refractivity contribution in [3.63, 3.8) is 0 Å². The topological polar surface area (TPSA) is 98.1 Å². The van der Waals surface area contributed by atoms with E-state index in [1.807, 2.05) is 43.3 Å². The third kappa shape index (κ3) is 5.38. The molecule has 0 atom stereocenters. The van der Waals surface area contributed by atoms with Crippen LogP contribution in [0.4, 0.5) is 11.4 Å². The number of aryl methyl sites for hydroxylation is 1. The molecule has 5 rings (SSSR count). The number of benzene rings is 3. The average molecular weight is 497 g/mol. The first-order valence-corrected chi connectivity index (χ1v) is 11.7. The minimum Gasteiger partial charge on any atom is -0.485 e. The molecule has 0 spiro atoms. The van der Waals surface area contributed by atoms with E-state index in [1.165, 1.54) is 4.90 Å². The molecule has 186 valence electrons. The second-order valence-electron chi connectivity index (χ2n) is 8.51. The summed E-state index contributed by atoms with van der Waals surface area (Å²) in [6.07, 6.45) is 0. The van der Waals surface area contributed by atoms with E-state index in [1.54, 1.807) is 48.5 Å². The zero-order valence-electron chi connectivity index (χ0n) is 20.1. The van der Waals surface area contributed by atoms with Crippen LogP contribution in [0, 0.1) is 6.92 Å². The summed E-state index contributed by atoms with van der Waals surface area (Å²) in [5, 5.41) is 2.76. The van der Waals surface area contributed by atoms with Gasteiger partial charge < -0.3 is 19.2 Å². The van der Waals surface area contributed by atoms with Crippen LogP contribution in [0.2, 0.25) is 0 Å². The van der Waals surface area contributed by atoms with E-state index in [0.717, 1.165) is 5.56 Å². The molecule has 1 aliphatic heterocycles. The van der Waals surface area contributed by atoms with E-state index in [0.29, 0.717) is 34.2 Å². The van der Waals surface area contributed by atoms with Crippen molar-refractivity contribution in [3.05, 3.63) is 108 Å². The number of ketones is 1. The molecule has 0 saturated heterocycles. The van der Waals surface area contributed by atoms with Gasteiger partial charge in [0.25, 0.3) is 11.8 Å². The highest BCUT2D eigenvalue weighted by Gasteiger charge is 2.28. The van der Waals surface area contributed by atoms with Gasteiger partial charge in [0.05, 0.1) is 12.2 Å². The zero-order valence-corrected chi connectivity index (χ0v) is 20.1. The Morgan fingerprint density at radius 2 is 1.76 bits per heavy atom. The van der Waals surface area contributed by atoms with Gasteiger partial charge >= 0.3 is 0 Å². The third-order valence-electron chi connectivity index (χ3n) is 5.91. The highest BCUT2D eigenvalue weighted by atomic mass is 16.5. The lowest BCUT2D eigenvalue weighted by Crippen LogP contribution is -2.38. The smallest absolute Gasteiger partial charge is 0.291 e. The number of hydrogen-bond acceptors (Lipinski definition) is 6. The third-order valence-corrected chi connectivity index (χ3v) is 5.91. The van der Waals surface area contributed by atoms with Crippen molar-refractivity contribution in [2.45, 2.75) is 13.5 Å².